The predicted octanol–water partition coefficient (Wildman–Crippen LogP) is 7.48. The third kappa shape index (κ3) is 14.5. The SMILES string of the molecule is CC[C@H](C)CNCCC(F)(F)F.CCc1ccccc1F.Cc1ccc(C#N)c(Cl)c1. The Bertz CT molecular complexity index is 801. The van der Waals surface area contributed by atoms with Crippen LogP contribution >= 0.6 is 11.6 Å². The zero-order valence-corrected chi connectivity index (χ0v) is 19.2. The number of hydrogen-bond acceptors (Lipinski definition) is 2. The fourth-order valence-corrected chi connectivity index (χ4v) is 2.50. The number of rotatable bonds is 6. The van der Waals surface area contributed by atoms with Crippen LogP contribution in [-0.4, -0.2) is 19.3 Å². The van der Waals surface area contributed by atoms with E-state index < -0.39 is 12.6 Å². The van der Waals surface area contributed by atoms with Crippen LogP contribution in [0.2, 0.25) is 5.02 Å². The Morgan fingerprint density at radius 2 is 1.77 bits per heavy atom. The fourth-order valence-electron chi connectivity index (χ4n) is 2.22. The van der Waals surface area contributed by atoms with Crippen LogP contribution in [0.15, 0.2) is 42.5 Å². The Morgan fingerprint density at radius 1 is 1.13 bits per heavy atom. The van der Waals surface area contributed by atoms with Gasteiger partial charge < -0.3 is 5.32 Å². The zero-order valence-electron chi connectivity index (χ0n) is 18.5. The third-order valence-electron chi connectivity index (χ3n) is 4.36. The molecule has 0 bridgehead atoms. The van der Waals surface area contributed by atoms with E-state index in [1.54, 1.807) is 24.3 Å². The van der Waals surface area contributed by atoms with Gasteiger partial charge in [-0.3, -0.25) is 0 Å². The third-order valence-corrected chi connectivity index (χ3v) is 4.67. The minimum absolute atomic E-state index is 0.0356. The Balaban J connectivity index is 0.000000439. The molecule has 2 aromatic rings. The molecule has 2 rings (SSSR count). The van der Waals surface area contributed by atoms with Gasteiger partial charge in [0.1, 0.15) is 11.9 Å². The second kappa shape index (κ2) is 15.7. The molecule has 0 amide bonds. The molecule has 172 valence electrons. The summed E-state index contributed by atoms with van der Waals surface area (Å²) < 4.78 is 47.5. The lowest BCUT2D eigenvalue weighted by atomic mass is 10.1. The van der Waals surface area contributed by atoms with Crippen molar-refractivity contribution in [3.05, 3.63) is 70.0 Å². The van der Waals surface area contributed by atoms with E-state index in [0.717, 1.165) is 24.0 Å². The van der Waals surface area contributed by atoms with Crippen LogP contribution in [0.1, 0.15) is 50.3 Å². The number of halogens is 5. The molecule has 0 fully saturated rings. The van der Waals surface area contributed by atoms with E-state index in [1.165, 1.54) is 6.07 Å². The summed E-state index contributed by atoms with van der Waals surface area (Å²) in [4.78, 5) is 0. The molecule has 0 aliphatic rings. The monoisotopic (exact) mass is 458 g/mol. The summed E-state index contributed by atoms with van der Waals surface area (Å²) in [7, 11) is 0. The van der Waals surface area contributed by atoms with Crippen molar-refractivity contribution in [2.24, 2.45) is 5.92 Å². The predicted molar refractivity (Wildman–Crippen MR) is 120 cm³/mol. The van der Waals surface area contributed by atoms with Crippen molar-refractivity contribution in [2.45, 2.75) is 53.1 Å². The Labute approximate surface area is 188 Å². The first-order valence-corrected chi connectivity index (χ1v) is 10.6. The molecule has 0 unspecified atom stereocenters. The van der Waals surface area contributed by atoms with E-state index in [0.29, 0.717) is 23.0 Å². The van der Waals surface area contributed by atoms with E-state index in [9.17, 15) is 17.6 Å². The number of nitrogens with zero attached hydrogens (tertiary/aromatic N) is 1. The van der Waals surface area contributed by atoms with Gasteiger partial charge in [0.2, 0.25) is 0 Å². The topological polar surface area (TPSA) is 35.8 Å². The van der Waals surface area contributed by atoms with Crippen LogP contribution in [0.5, 0.6) is 0 Å². The van der Waals surface area contributed by atoms with Gasteiger partial charge in [0.15, 0.2) is 0 Å². The van der Waals surface area contributed by atoms with E-state index in [2.05, 4.69) is 5.32 Å². The van der Waals surface area contributed by atoms with Gasteiger partial charge >= 0.3 is 6.18 Å². The first kappa shape index (κ1) is 28.9. The molecule has 2 aromatic carbocycles. The van der Waals surface area contributed by atoms with E-state index >= 15 is 0 Å². The van der Waals surface area contributed by atoms with Gasteiger partial charge in [0.25, 0.3) is 0 Å². The summed E-state index contributed by atoms with van der Waals surface area (Å²) in [6, 6.07) is 14.2. The maximum absolute atomic E-state index is 12.6. The van der Waals surface area contributed by atoms with Gasteiger partial charge in [-0.2, -0.15) is 18.4 Å². The van der Waals surface area contributed by atoms with Crippen molar-refractivity contribution >= 4 is 11.6 Å². The zero-order chi connectivity index (χ0) is 23.9. The van der Waals surface area contributed by atoms with Gasteiger partial charge in [-0.05, 0) is 55.1 Å². The standard InChI is InChI=1S/C8H6ClN.C8H16F3N.C8H9F/c1-6-2-3-7(5-10)8(9)4-6;1-3-7(2)6-12-5-4-8(9,10)11;1-2-7-5-3-4-6-8(7)9/h2-4H,1H3;7,12H,3-6H2,1-2H3;3-6H,2H2,1H3/t;7-;/m.0./s1. The Morgan fingerprint density at radius 3 is 2.23 bits per heavy atom. The van der Waals surface area contributed by atoms with Crippen molar-refractivity contribution in [1.82, 2.24) is 5.32 Å². The molecule has 0 aliphatic carbocycles. The normalized spacial score (nSPS) is 11.4. The Hall–Kier alpha value is -2.10. The molecule has 0 aliphatic heterocycles. The van der Waals surface area contributed by atoms with Gasteiger partial charge in [-0.15, -0.1) is 0 Å². The van der Waals surface area contributed by atoms with E-state index in [-0.39, 0.29) is 12.4 Å². The van der Waals surface area contributed by atoms with Crippen LogP contribution in [0.3, 0.4) is 0 Å². The molecule has 31 heavy (non-hydrogen) atoms. The number of nitrogens with one attached hydrogen (secondary N) is 1. The molecule has 0 aromatic heterocycles. The number of hydrogen-bond donors (Lipinski definition) is 1. The van der Waals surface area contributed by atoms with Crippen LogP contribution in [0.4, 0.5) is 17.6 Å². The Kier molecular flexibility index (Phi) is 14.6. The van der Waals surface area contributed by atoms with Crippen LogP contribution in [0.25, 0.3) is 0 Å². The molecule has 1 atom stereocenters. The average Bonchev–Trinajstić information content (AvgIpc) is 2.72. The molecule has 1 N–H and O–H groups in total. The lowest BCUT2D eigenvalue weighted by Crippen LogP contribution is -2.25. The van der Waals surface area contributed by atoms with Gasteiger partial charge in [-0.25, -0.2) is 4.39 Å². The van der Waals surface area contributed by atoms with Crippen molar-refractivity contribution < 1.29 is 17.6 Å². The molecule has 0 heterocycles. The summed E-state index contributed by atoms with van der Waals surface area (Å²) >= 11 is 5.71. The molecule has 0 saturated carbocycles. The van der Waals surface area contributed by atoms with Crippen molar-refractivity contribution in [1.29, 1.82) is 5.26 Å². The summed E-state index contributed by atoms with van der Waals surface area (Å²) in [5.74, 6) is 0.359. The molecular formula is C24H31ClF4N2. The highest BCUT2D eigenvalue weighted by Gasteiger charge is 2.25. The quantitative estimate of drug-likeness (QED) is 0.359. The number of alkyl halides is 3. The van der Waals surface area contributed by atoms with E-state index in [1.807, 2.05) is 45.9 Å². The summed E-state index contributed by atoms with van der Waals surface area (Å²) in [5, 5.41) is 11.8. The average molecular weight is 459 g/mol. The maximum Gasteiger partial charge on any atom is 0.390 e. The second-order valence-electron chi connectivity index (χ2n) is 7.12. The van der Waals surface area contributed by atoms with Crippen molar-refractivity contribution in [2.75, 3.05) is 13.1 Å². The minimum atomic E-state index is -4.03. The smallest absolute Gasteiger partial charge is 0.316 e. The number of nitriles is 1. The number of benzene rings is 2. The molecule has 0 spiro atoms. The summed E-state index contributed by atoms with van der Waals surface area (Å²) in [5.41, 5.74) is 2.40. The molecular weight excluding hydrogens is 428 g/mol. The fraction of sp³-hybridized carbons (Fsp3) is 0.458. The molecule has 0 saturated heterocycles. The molecule has 7 heteroatoms. The second-order valence-corrected chi connectivity index (χ2v) is 7.53. The highest BCUT2D eigenvalue weighted by molar-refractivity contribution is 6.31. The van der Waals surface area contributed by atoms with Crippen molar-refractivity contribution in [3.63, 3.8) is 0 Å². The van der Waals surface area contributed by atoms with Crippen LogP contribution < -0.4 is 5.32 Å². The van der Waals surface area contributed by atoms with Gasteiger partial charge in [0, 0.05) is 6.54 Å². The number of aryl methyl sites for hydroxylation is 2. The first-order chi connectivity index (χ1) is 14.5. The van der Waals surface area contributed by atoms with Crippen LogP contribution in [-0.2, 0) is 6.42 Å². The summed E-state index contributed by atoms with van der Waals surface area (Å²) in [6.45, 7) is 8.63. The van der Waals surface area contributed by atoms with Crippen LogP contribution in [0, 0.1) is 30.0 Å². The summed E-state index contributed by atoms with van der Waals surface area (Å²) in [6.07, 6.45) is -2.99. The lowest BCUT2D eigenvalue weighted by molar-refractivity contribution is -0.133. The van der Waals surface area contributed by atoms with Crippen molar-refractivity contribution in [3.8, 4) is 6.07 Å². The molecule has 2 nitrogen and oxygen atoms in total. The minimum Gasteiger partial charge on any atom is -0.316 e. The van der Waals surface area contributed by atoms with E-state index in [4.69, 9.17) is 16.9 Å². The molecule has 0 radical (unpaired) electrons. The largest absolute Gasteiger partial charge is 0.390 e. The first-order valence-electron chi connectivity index (χ1n) is 10.2. The lowest BCUT2D eigenvalue weighted by Gasteiger charge is -2.10. The van der Waals surface area contributed by atoms with Gasteiger partial charge in [-0.1, -0.05) is 63.1 Å². The van der Waals surface area contributed by atoms with Gasteiger partial charge in [0.05, 0.1) is 17.0 Å². The highest BCUT2D eigenvalue weighted by Crippen LogP contribution is 2.18. The highest BCUT2D eigenvalue weighted by atomic mass is 35.5. The maximum atomic E-state index is 12.6.